The number of hydrogen-bond donors (Lipinski definition) is 1. The van der Waals surface area contributed by atoms with E-state index >= 15 is 0 Å². The summed E-state index contributed by atoms with van der Waals surface area (Å²) < 4.78 is 32.9. The summed E-state index contributed by atoms with van der Waals surface area (Å²) in [6, 6.07) is 12.1. The van der Waals surface area contributed by atoms with Crippen LogP contribution in [0.3, 0.4) is 0 Å². The van der Waals surface area contributed by atoms with Crippen molar-refractivity contribution in [1.82, 2.24) is 4.31 Å². The molecule has 6 nitrogen and oxygen atoms in total. The Balaban J connectivity index is 1.62. The zero-order valence-corrected chi connectivity index (χ0v) is 18.1. The van der Waals surface area contributed by atoms with E-state index in [1.807, 2.05) is 18.2 Å². The standard InChI is InChI=1S/C20H23BrN2O4S/c1-27-19-9-7-15(13-18(19)21)8-10-20(24)22-16-5-4-6-17(14-16)28(25,26)23-11-2-3-12-23/h4-7,9,13-14H,2-3,8,10-12H2,1H3,(H,22,24). The number of anilines is 1. The number of nitrogens with zero attached hydrogens (tertiary/aromatic N) is 1. The molecule has 0 radical (unpaired) electrons. The molecule has 0 unspecified atom stereocenters. The number of aryl methyl sites for hydroxylation is 1. The highest BCUT2D eigenvalue weighted by atomic mass is 79.9. The quantitative estimate of drug-likeness (QED) is 0.672. The molecule has 1 aliphatic heterocycles. The van der Waals surface area contributed by atoms with Gasteiger partial charge >= 0.3 is 0 Å². The molecule has 1 N–H and O–H groups in total. The summed E-state index contributed by atoms with van der Waals surface area (Å²) in [6.07, 6.45) is 2.64. The van der Waals surface area contributed by atoms with Crippen molar-refractivity contribution in [2.24, 2.45) is 0 Å². The second-order valence-electron chi connectivity index (χ2n) is 6.66. The Labute approximate surface area is 174 Å². The van der Waals surface area contributed by atoms with Crippen LogP contribution in [0.5, 0.6) is 5.75 Å². The maximum Gasteiger partial charge on any atom is 0.243 e. The number of halogens is 1. The summed E-state index contributed by atoms with van der Waals surface area (Å²) in [5, 5.41) is 2.79. The van der Waals surface area contributed by atoms with Crippen LogP contribution in [-0.2, 0) is 21.2 Å². The number of hydrogen-bond acceptors (Lipinski definition) is 4. The van der Waals surface area contributed by atoms with Crippen LogP contribution < -0.4 is 10.1 Å². The molecule has 3 rings (SSSR count). The lowest BCUT2D eigenvalue weighted by molar-refractivity contribution is -0.116. The minimum Gasteiger partial charge on any atom is -0.496 e. The molecule has 28 heavy (non-hydrogen) atoms. The predicted molar refractivity (Wildman–Crippen MR) is 112 cm³/mol. The molecule has 0 aromatic heterocycles. The number of nitrogens with one attached hydrogen (secondary N) is 1. The van der Waals surface area contributed by atoms with E-state index < -0.39 is 10.0 Å². The second kappa shape index (κ2) is 9.07. The van der Waals surface area contributed by atoms with Crippen LogP contribution in [0.25, 0.3) is 0 Å². The number of sulfonamides is 1. The number of amides is 1. The van der Waals surface area contributed by atoms with Crippen LogP contribution in [-0.4, -0.2) is 38.8 Å². The fourth-order valence-electron chi connectivity index (χ4n) is 3.16. The van der Waals surface area contributed by atoms with Gasteiger partial charge in [-0.3, -0.25) is 4.79 Å². The maximum absolute atomic E-state index is 12.7. The van der Waals surface area contributed by atoms with Crippen molar-refractivity contribution in [3.8, 4) is 5.75 Å². The van der Waals surface area contributed by atoms with E-state index in [0.29, 0.717) is 31.6 Å². The Morgan fingerprint density at radius 2 is 1.93 bits per heavy atom. The van der Waals surface area contributed by atoms with Crippen molar-refractivity contribution < 1.29 is 17.9 Å². The van der Waals surface area contributed by atoms with Gasteiger partial charge in [0.1, 0.15) is 5.75 Å². The van der Waals surface area contributed by atoms with Gasteiger partial charge in [0.05, 0.1) is 16.5 Å². The predicted octanol–water partition coefficient (Wildman–Crippen LogP) is 3.81. The fraction of sp³-hybridized carbons (Fsp3) is 0.350. The van der Waals surface area contributed by atoms with E-state index in [9.17, 15) is 13.2 Å². The van der Waals surface area contributed by atoms with Crippen LogP contribution >= 0.6 is 15.9 Å². The molecule has 150 valence electrons. The number of methoxy groups -OCH3 is 1. The summed E-state index contributed by atoms with van der Waals surface area (Å²) in [5.41, 5.74) is 1.49. The zero-order valence-electron chi connectivity index (χ0n) is 15.7. The maximum atomic E-state index is 12.7. The summed E-state index contributed by atoms with van der Waals surface area (Å²) in [6.45, 7) is 1.10. The van der Waals surface area contributed by atoms with Gasteiger partial charge in [0.25, 0.3) is 0 Å². The van der Waals surface area contributed by atoms with Gasteiger partial charge in [-0.2, -0.15) is 4.31 Å². The van der Waals surface area contributed by atoms with Crippen molar-refractivity contribution in [3.05, 3.63) is 52.5 Å². The van der Waals surface area contributed by atoms with E-state index in [1.54, 1.807) is 25.3 Å². The molecule has 2 aromatic carbocycles. The van der Waals surface area contributed by atoms with Gasteiger partial charge in [0.2, 0.25) is 15.9 Å². The molecule has 1 amide bonds. The van der Waals surface area contributed by atoms with Gasteiger partial charge in [-0.25, -0.2) is 8.42 Å². The van der Waals surface area contributed by atoms with E-state index in [0.717, 1.165) is 28.6 Å². The minimum atomic E-state index is -3.50. The fourth-order valence-corrected chi connectivity index (χ4v) is 5.31. The Morgan fingerprint density at radius 3 is 2.61 bits per heavy atom. The molecule has 1 aliphatic rings. The highest BCUT2D eigenvalue weighted by Gasteiger charge is 2.27. The normalized spacial score (nSPS) is 14.8. The van der Waals surface area contributed by atoms with Gasteiger partial charge in [-0.15, -0.1) is 0 Å². The van der Waals surface area contributed by atoms with Crippen molar-refractivity contribution >= 4 is 37.5 Å². The van der Waals surface area contributed by atoms with E-state index in [2.05, 4.69) is 21.2 Å². The Kier molecular flexibility index (Phi) is 6.74. The van der Waals surface area contributed by atoms with Crippen molar-refractivity contribution in [1.29, 1.82) is 0 Å². The Hall–Kier alpha value is -1.90. The molecule has 1 saturated heterocycles. The molecular weight excluding hydrogens is 444 g/mol. The lowest BCUT2D eigenvalue weighted by atomic mass is 10.1. The van der Waals surface area contributed by atoms with Gasteiger partial charge in [0.15, 0.2) is 0 Å². The SMILES string of the molecule is COc1ccc(CCC(=O)Nc2cccc(S(=O)(=O)N3CCCC3)c2)cc1Br. The number of ether oxygens (including phenoxy) is 1. The first-order chi connectivity index (χ1) is 13.4. The molecule has 1 fully saturated rings. The number of rotatable bonds is 7. The van der Waals surface area contributed by atoms with Crippen molar-refractivity contribution in [2.75, 3.05) is 25.5 Å². The van der Waals surface area contributed by atoms with Crippen LogP contribution in [0, 0.1) is 0 Å². The van der Waals surface area contributed by atoms with Gasteiger partial charge in [0, 0.05) is 25.2 Å². The monoisotopic (exact) mass is 466 g/mol. The summed E-state index contributed by atoms with van der Waals surface area (Å²) >= 11 is 3.44. The average molecular weight is 467 g/mol. The van der Waals surface area contributed by atoms with Crippen LogP contribution in [0.2, 0.25) is 0 Å². The smallest absolute Gasteiger partial charge is 0.243 e. The largest absolute Gasteiger partial charge is 0.496 e. The lowest BCUT2D eigenvalue weighted by Crippen LogP contribution is -2.27. The summed E-state index contributed by atoms with van der Waals surface area (Å²) in [7, 11) is -1.90. The second-order valence-corrected chi connectivity index (χ2v) is 9.45. The zero-order chi connectivity index (χ0) is 20.1. The topological polar surface area (TPSA) is 75.7 Å². The number of carbonyl (C=O) groups is 1. The highest BCUT2D eigenvalue weighted by molar-refractivity contribution is 9.10. The Morgan fingerprint density at radius 1 is 1.18 bits per heavy atom. The van der Waals surface area contributed by atoms with Crippen molar-refractivity contribution in [2.45, 2.75) is 30.6 Å². The molecule has 8 heteroatoms. The van der Waals surface area contributed by atoms with Gasteiger partial charge in [-0.1, -0.05) is 12.1 Å². The average Bonchev–Trinajstić information content (AvgIpc) is 3.22. The Bertz CT molecular complexity index is 956. The molecule has 0 spiro atoms. The van der Waals surface area contributed by atoms with Gasteiger partial charge in [-0.05, 0) is 71.1 Å². The van der Waals surface area contributed by atoms with E-state index in [1.165, 1.54) is 10.4 Å². The number of benzene rings is 2. The summed E-state index contributed by atoms with van der Waals surface area (Å²) in [5.74, 6) is 0.576. The highest BCUT2D eigenvalue weighted by Crippen LogP contribution is 2.26. The van der Waals surface area contributed by atoms with Crippen LogP contribution in [0.1, 0.15) is 24.8 Å². The third-order valence-electron chi connectivity index (χ3n) is 4.68. The van der Waals surface area contributed by atoms with Gasteiger partial charge < -0.3 is 10.1 Å². The van der Waals surface area contributed by atoms with Crippen LogP contribution in [0.4, 0.5) is 5.69 Å². The van der Waals surface area contributed by atoms with Crippen LogP contribution in [0.15, 0.2) is 51.8 Å². The molecule has 0 saturated carbocycles. The minimum absolute atomic E-state index is 0.164. The number of carbonyl (C=O) groups excluding carboxylic acids is 1. The molecule has 0 aliphatic carbocycles. The lowest BCUT2D eigenvalue weighted by Gasteiger charge is -2.16. The van der Waals surface area contributed by atoms with Crippen molar-refractivity contribution in [3.63, 3.8) is 0 Å². The third-order valence-corrected chi connectivity index (χ3v) is 7.19. The molecule has 0 bridgehead atoms. The molecular formula is C20H23BrN2O4S. The van der Waals surface area contributed by atoms with E-state index in [4.69, 9.17) is 4.74 Å². The first-order valence-corrected chi connectivity index (χ1v) is 11.4. The molecule has 2 aromatic rings. The first kappa shape index (κ1) is 20.8. The summed E-state index contributed by atoms with van der Waals surface area (Å²) in [4.78, 5) is 12.5. The van der Waals surface area contributed by atoms with E-state index in [-0.39, 0.29) is 10.8 Å². The first-order valence-electron chi connectivity index (χ1n) is 9.12. The molecule has 0 atom stereocenters. The molecule has 1 heterocycles. The third kappa shape index (κ3) is 4.92.